The second-order valence-electron chi connectivity index (χ2n) is 6.73. The fourth-order valence-electron chi connectivity index (χ4n) is 3.08. The quantitative estimate of drug-likeness (QED) is 0.539. The molecular weight excluding hydrogens is 372 g/mol. The zero-order chi connectivity index (χ0) is 20.1. The minimum atomic E-state index is -0.826. The Morgan fingerprint density at radius 1 is 1.37 bits per heavy atom. The third-order valence-electron chi connectivity index (χ3n) is 4.42. The molecule has 0 aliphatic carbocycles. The summed E-state index contributed by atoms with van der Waals surface area (Å²) in [7, 11) is 4.12. The predicted octanol–water partition coefficient (Wildman–Crippen LogP) is 1.57. The van der Waals surface area contributed by atoms with Crippen LogP contribution in [0.5, 0.6) is 0 Å². The van der Waals surface area contributed by atoms with E-state index in [9.17, 15) is 13.6 Å². The zero-order valence-corrected chi connectivity index (χ0v) is 16.9. The summed E-state index contributed by atoms with van der Waals surface area (Å²) in [5.41, 5.74) is 1.06. The second kappa shape index (κ2) is 9.23. The third-order valence-corrected chi connectivity index (χ3v) is 4.76. The maximum absolute atomic E-state index is 14.4. The first-order valence-corrected chi connectivity index (χ1v) is 9.37. The first-order chi connectivity index (χ1) is 12.8. The van der Waals surface area contributed by atoms with E-state index < -0.39 is 23.6 Å². The number of benzene rings is 1. The number of halogens is 2. The molecule has 0 radical (unpaired) electrons. The largest absolute Gasteiger partial charge is 0.463 e. The summed E-state index contributed by atoms with van der Waals surface area (Å²) in [4.78, 5) is 15.8. The second-order valence-corrected chi connectivity index (χ2v) is 7.12. The van der Waals surface area contributed by atoms with Gasteiger partial charge in [-0.25, -0.2) is 13.6 Å². The molecule has 0 saturated heterocycles. The monoisotopic (exact) mass is 398 g/mol. The molecule has 148 valence electrons. The lowest BCUT2D eigenvalue weighted by atomic mass is 9.94. The highest BCUT2D eigenvalue weighted by atomic mass is 32.1. The molecule has 0 spiro atoms. The number of carbonyl (C=O) groups is 1. The summed E-state index contributed by atoms with van der Waals surface area (Å²) < 4.78 is 32.9. The van der Waals surface area contributed by atoms with Crippen LogP contribution in [0.3, 0.4) is 0 Å². The molecular formula is C19H26F2N3O2S+. The van der Waals surface area contributed by atoms with Gasteiger partial charge in [-0.05, 0) is 32.1 Å². The number of hydrogen-bond acceptors (Lipinski definition) is 3. The minimum Gasteiger partial charge on any atom is -0.463 e. The Morgan fingerprint density at radius 2 is 2.07 bits per heavy atom. The average molecular weight is 398 g/mol. The number of rotatable bonds is 7. The Balaban J connectivity index is 2.43. The Labute approximate surface area is 164 Å². The van der Waals surface area contributed by atoms with Gasteiger partial charge in [0.2, 0.25) is 0 Å². The lowest BCUT2D eigenvalue weighted by Crippen LogP contribution is -3.05. The van der Waals surface area contributed by atoms with Crippen molar-refractivity contribution >= 4 is 23.3 Å². The van der Waals surface area contributed by atoms with Crippen molar-refractivity contribution < 1.29 is 23.2 Å². The van der Waals surface area contributed by atoms with Gasteiger partial charge < -0.3 is 19.9 Å². The molecule has 8 heteroatoms. The van der Waals surface area contributed by atoms with E-state index >= 15 is 0 Å². The molecule has 1 aromatic carbocycles. The SMILES string of the molecule is CCOC(=O)C1=C(C)N(CCC[NH+](C)C)C(=S)N[C@H]1c1ccc(F)cc1F. The van der Waals surface area contributed by atoms with Crippen molar-refractivity contribution in [3.8, 4) is 0 Å². The Hall–Kier alpha value is -2.06. The van der Waals surface area contributed by atoms with Crippen LogP contribution in [-0.4, -0.2) is 49.8 Å². The topological polar surface area (TPSA) is 46.0 Å². The number of quaternary nitrogens is 1. The molecule has 0 saturated carbocycles. The van der Waals surface area contributed by atoms with Gasteiger partial charge in [-0.1, -0.05) is 6.07 Å². The fraction of sp³-hybridized carbons (Fsp3) is 0.474. The van der Waals surface area contributed by atoms with Crippen LogP contribution < -0.4 is 10.2 Å². The maximum atomic E-state index is 14.4. The highest BCUT2D eigenvalue weighted by molar-refractivity contribution is 7.80. The van der Waals surface area contributed by atoms with E-state index in [0.29, 0.717) is 17.4 Å². The molecule has 1 aliphatic rings. The highest BCUT2D eigenvalue weighted by Crippen LogP contribution is 2.33. The van der Waals surface area contributed by atoms with Crippen molar-refractivity contribution in [1.82, 2.24) is 10.2 Å². The summed E-state index contributed by atoms with van der Waals surface area (Å²) in [6.45, 7) is 5.25. The standard InChI is InChI=1S/C19H25F2N3O2S/c1-5-26-18(25)16-12(2)24(10-6-9-23(3)4)19(27)22-17(16)14-8-7-13(20)11-15(14)21/h7-8,11,17H,5-6,9-10H2,1-4H3,(H,22,27)/p+1/t17-/m0/s1. The molecule has 1 aliphatic heterocycles. The number of carbonyl (C=O) groups excluding carboxylic acids is 1. The van der Waals surface area contributed by atoms with Crippen LogP contribution >= 0.6 is 12.2 Å². The van der Waals surface area contributed by atoms with Gasteiger partial charge >= 0.3 is 5.97 Å². The lowest BCUT2D eigenvalue weighted by Gasteiger charge is -2.37. The molecule has 1 atom stereocenters. The lowest BCUT2D eigenvalue weighted by molar-refractivity contribution is -0.858. The highest BCUT2D eigenvalue weighted by Gasteiger charge is 2.36. The number of allylic oxidation sites excluding steroid dienone is 1. The van der Waals surface area contributed by atoms with Crippen molar-refractivity contribution in [2.75, 3.05) is 33.8 Å². The van der Waals surface area contributed by atoms with E-state index in [1.165, 1.54) is 11.0 Å². The van der Waals surface area contributed by atoms with Crippen LogP contribution in [0.15, 0.2) is 29.5 Å². The van der Waals surface area contributed by atoms with E-state index in [1.807, 2.05) is 4.90 Å². The summed E-state index contributed by atoms with van der Waals surface area (Å²) in [5.74, 6) is -1.96. The van der Waals surface area contributed by atoms with Gasteiger partial charge in [-0.3, -0.25) is 0 Å². The molecule has 0 aromatic heterocycles. The first-order valence-electron chi connectivity index (χ1n) is 8.96. The Morgan fingerprint density at radius 3 is 2.67 bits per heavy atom. The normalized spacial score (nSPS) is 17.4. The van der Waals surface area contributed by atoms with E-state index in [0.717, 1.165) is 25.1 Å². The predicted molar refractivity (Wildman–Crippen MR) is 103 cm³/mol. The van der Waals surface area contributed by atoms with Crippen LogP contribution in [-0.2, 0) is 9.53 Å². The molecule has 27 heavy (non-hydrogen) atoms. The van der Waals surface area contributed by atoms with Gasteiger partial charge in [0.15, 0.2) is 5.11 Å². The van der Waals surface area contributed by atoms with Gasteiger partial charge in [-0.15, -0.1) is 0 Å². The van der Waals surface area contributed by atoms with Crippen LogP contribution in [0.1, 0.15) is 31.9 Å². The number of thiocarbonyl (C=S) groups is 1. The van der Waals surface area contributed by atoms with Gasteiger partial charge in [0.05, 0.1) is 38.9 Å². The van der Waals surface area contributed by atoms with Crippen LogP contribution in [0.25, 0.3) is 0 Å². The summed E-state index contributed by atoms with van der Waals surface area (Å²) in [5, 5.41) is 3.44. The van der Waals surface area contributed by atoms with Crippen molar-refractivity contribution in [3.05, 3.63) is 46.7 Å². The summed E-state index contributed by atoms with van der Waals surface area (Å²) in [6.07, 6.45) is 0.868. The van der Waals surface area contributed by atoms with E-state index in [2.05, 4.69) is 19.4 Å². The summed E-state index contributed by atoms with van der Waals surface area (Å²) in [6, 6.07) is 2.45. The zero-order valence-electron chi connectivity index (χ0n) is 16.1. The molecule has 5 nitrogen and oxygen atoms in total. The van der Waals surface area contributed by atoms with E-state index in [4.69, 9.17) is 17.0 Å². The Bertz CT molecular complexity index is 752. The maximum Gasteiger partial charge on any atom is 0.338 e. The average Bonchev–Trinajstić information content (AvgIpc) is 2.57. The molecule has 0 fully saturated rings. The fourth-order valence-corrected chi connectivity index (χ4v) is 3.43. The van der Waals surface area contributed by atoms with Crippen molar-refractivity contribution in [1.29, 1.82) is 0 Å². The molecule has 0 bridgehead atoms. The number of ether oxygens (including phenoxy) is 1. The molecule has 1 heterocycles. The smallest absolute Gasteiger partial charge is 0.338 e. The first kappa shape index (κ1) is 21.2. The number of nitrogens with one attached hydrogen (secondary N) is 2. The summed E-state index contributed by atoms with van der Waals surface area (Å²) >= 11 is 5.46. The van der Waals surface area contributed by atoms with Crippen molar-refractivity contribution in [2.24, 2.45) is 0 Å². The molecule has 1 aromatic rings. The van der Waals surface area contributed by atoms with Gasteiger partial charge in [0, 0.05) is 30.3 Å². The van der Waals surface area contributed by atoms with Gasteiger partial charge in [0.25, 0.3) is 0 Å². The van der Waals surface area contributed by atoms with Crippen LogP contribution in [0, 0.1) is 11.6 Å². The minimum absolute atomic E-state index is 0.151. The van der Waals surface area contributed by atoms with Crippen LogP contribution in [0.2, 0.25) is 0 Å². The number of nitrogens with zero attached hydrogens (tertiary/aromatic N) is 1. The van der Waals surface area contributed by atoms with E-state index in [1.54, 1.807) is 13.8 Å². The number of hydrogen-bond donors (Lipinski definition) is 2. The van der Waals surface area contributed by atoms with Crippen molar-refractivity contribution in [2.45, 2.75) is 26.3 Å². The molecule has 2 N–H and O–H groups in total. The van der Waals surface area contributed by atoms with Crippen LogP contribution in [0.4, 0.5) is 8.78 Å². The van der Waals surface area contributed by atoms with Gasteiger partial charge in [-0.2, -0.15) is 0 Å². The van der Waals surface area contributed by atoms with Crippen molar-refractivity contribution in [3.63, 3.8) is 0 Å². The third kappa shape index (κ3) is 5.01. The molecule has 0 amide bonds. The molecule has 2 rings (SSSR count). The Kier molecular flexibility index (Phi) is 7.26. The van der Waals surface area contributed by atoms with Gasteiger partial charge in [0.1, 0.15) is 11.6 Å². The molecule has 0 unspecified atom stereocenters. The van der Waals surface area contributed by atoms with E-state index in [-0.39, 0.29) is 17.7 Å². The number of esters is 1.